The van der Waals surface area contributed by atoms with Crippen LogP contribution in [0.3, 0.4) is 0 Å². The molecule has 0 saturated heterocycles. The molecule has 2 N–H and O–H groups in total. The summed E-state index contributed by atoms with van der Waals surface area (Å²) in [5.74, 6) is 0.290. The fourth-order valence-electron chi connectivity index (χ4n) is 3.28. The number of hydrogen-bond donors (Lipinski definition) is 2. The van der Waals surface area contributed by atoms with Gasteiger partial charge in [0.05, 0.1) is 6.61 Å². The van der Waals surface area contributed by atoms with Crippen LogP contribution >= 0.6 is 0 Å². The second-order valence-electron chi connectivity index (χ2n) is 7.15. The number of hydroxylamine groups is 1. The molecule has 0 spiro atoms. The number of aliphatic hydroxyl groups excluding tert-OH is 1. The Morgan fingerprint density at radius 1 is 1.08 bits per heavy atom. The van der Waals surface area contributed by atoms with E-state index < -0.39 is 5.54 Å². The van der Waals surface area contributed by atoms with E-state index in [1.807, 2.05) is 48.5 Å². The van der Waals surface area contributed by atoms with E-state index in [0.29, 0.717) is 24.5 Å². The second kappa shape index (κ2) is 7.85. The van der Waals surface area contributed by atoms with Crippen molar-refractivity contribution < 1.29 is 14.7 Å². The first-order valence-corrected chi connectivity index (χ1v) is 9.01. The minimum Gasteiger partial charge on any atom is -0.510 e. The standard InChI is InChI=1S/C22H25NO3/c1-16(2)12-13-22(23-26-15-17-8-4-3-5-9-17)19-11-7-6-10-18(19)20(24)14-21(22)25/h3-11,14,16,23,25H,12-13,15H2,1-2H3. The third-order valence-corrected chi connectivity index (χ3v) is 4.78. The molecule has 26 heavy (non-hydrogen) atoms. The summed E-state index contributed by atoms with van der Waals surface area (Å²) in [4.78, 5) is 18.1. The molecule has 3 rings (SSSR count). The molecule has 0 amide bonds. The van der Waals surface area contributed by atoms with E-state index >= 15 is 0 Å². The highest BCUT2D eigenvalue weighted by atomic mass is 16.6. The summed E-state index contributed by atoms with van der Waals surface area (Å²) in [6.45, 7) is 4.64. The fraction of sp³-hybridized carbons (Fsp3) is 0.318. The molecule has 0 saturated carbocycles. The van der Waals surface area contributed by atoms with Crippen molar-refractivity contribution in [3.05, 3.63) is 83.1 Å². The van der Waals surface area contributed by atoms with Crippen molar-refractivity contribution in [3.63, 3.8) is 0 Å². The van der Waals surface area contributed by atoms with Crippen LogP contribution in [0.5, 0.6) is 0 Å². The van der Waals surface area contributed by atoms with Crippen molar-refractivity contribution in [2.75, 3.05) is 0 Å². The quantitative estimate of drug-likeness (QED) is 0.711. The summed E-state index contributed by atoms with van der Waals surface area (Å²) < 4.78 is 0. The zero-order chi connectivity index (χ0) is 18.6. The summed E-state index contributed by atoms with van der Waals surface area (Å²) in [5, 5.41) is 10.7. The molecular weight excluding hydrogens is 326 g/mol. The Balaban J connectivity index is 1.90. The van der Waals surface area contributed by atoms with Crippen LogP contribution in [0.15, 0.2) is 66.4 Å². The van der Waals surface area contributed by atoms with E-state index in [0.717, 1.165) is 17.5 Å². The number of allylic oxidation sites excluding steroid dienone is 1. The Morgan fingerprint density at radius 2 is 1.77 bits per heavy atom. The van der Waals surface area contributed by atoms with Crippen LogP contribution in [0, 0.1) is 5.92 Å². The van der Waals surface area contributed by atoms with Gasteiger partial charge in [-0.2, -0.15) is 5.48 Å². The maximum absolute atomic E-state index is 12.3. The van der Waals surface area contributed by atoms with Crippen molar-refractivity contribution in [2.24, 2.45) is 5.92 Å². The summed E-state index contributed by atoms with van der Waals surface area (Å²) in [6.07, 6.45) is 2.82. The van der Waals surface area contributed by atoms with E-state index in [-0.39, 0.29) is 11.5 Å². The molecule has 0 aliphatic heterocycles. The third kappa shape index (κ3) is 3.71. The lowest BCUT2D eigenvalue weighted by atomic mass is 9.76. The van der Waals surface area contributed by atoms with Crippen LogP contribution < -0.4 is 5.48 Å². The largest absolute Gasteiger partial charge is 0.510 e. The highest BCUT2D eigenvalue weighted by molar-refractivity contribution is 6.07. The number of nitrogens with one attached hydrogen (secondary N) is 1. The molecule has 0 heterocycles. The van der Waals surface area contributed by atoms with Crippen LogP contribution in [0.25, 0.3) is 0 Å². The summed E-state index contributed by atoms with van der Waals surface area (Å²) >= 11 is 0. The molecule has 0 aromatic heterocycles. The van der Waals surface area contributed by atoms with Gasteiger partial charge in [0, 0.05) is 11.6 Å². The minimum atomic E-state index is -0.913. The monoisotopic (exact) mass is 351 g/mol. The van der Waals surface area contributed by atoms with Gasteiger partial charge in [-0.15, -0.1) is 0 Å². The van der Waals surface area contributed by atoms with E-state index in [2.05, 4.69) is 19.3 Å². The van der Waals surface area contributed by atoms with E-state index in [1.165, 1.54) is 6.08 Å². The van der Waals surface area contributed by atoms with Gasteiger partial charge in [-0.05, 0) is 29.9 Å². The van der Waals surface area contributed by atoms with Gasteiger partial charge >= 0.3 is 0 Å². The molecule has 1 atom stereocenters. The van der Waals surface area contributed by atoms with Crippen LogP contribution in [-0.4, -0.2) is 10.9 Å². The van der Waals surface area contributed by atoms with Gasteiger partial charge in [-0.1, -0.05) is 68.4 Å². The first kappa shape index (κ1) is 18.4. The molecule has 136 valence electrons. The SMILES string of the molecule is CC(C)CCC1(NOCc2ccccc2)C(O)=CC(=O)c2ccccc21. The van der Waals surface area contributed by atoms with Gasteiger partial charge in [-0.25, -0.2) is 0 Å². The van der Waals surface area contributed by atoms with Gasteiger partial charge in [0.2, 0.25) is 0 Å². The average molecular weight is 351 g/mol. The van der Waals surface area contributed by atoms with Crippen LogP contribution in [0.1, 0.15) is 48.2 Å². The number of fused-ring (bicyclic) bond motifs is 1. The number of benzene rings is 2. The number of ketones is 1. The highest BCUT2D eigenvalue weighted by Gasteiger charge is 2.42. The molecular formula is C22H25NO3. The number of hydrogen-bond acceptors (Lipinski definition) is 4. The molecule has 0 fully saturated rings. The Kier molecular flexibility index (Phi) is 5.55. The maximum Gasteiger partial charge on any atom is 0.189 e. The van der Waals surface area contributed by atoms with E-state index in [1.54, 1.807) is 6.07 Å². The van der Waals surface area contributed by atoms with Crippen molar-refractivity contribution >= 4 is 5.78 Å². The molecule has 4 heteroatoms. The van der Waals surface area contributed by atoms with Gasteiger partial charge in [0.25, 0.3) is 0 Å². The first-order valence-electron chi connectivity index (χ1n) is 9.01. The predicted octanol–water partition coefficient (Wildman–Crippen LogP) is 4.68. The zero-order valence-corrected chi connectivity index (χ0v) is 15.2. The van der Waals surface area contributed by atoms with Gasteiger partial charge in [-0.3, -0.25) is 9.63 Å². The van der Waals surface area contributed by atoms with Gasteiger partial charge < -0.3 is 5.11 Å². The van der Waals surface area contributed by atoms with Crippen molar-refractivity contribution in [1.29, 1.82) is 0 Å². The fourth-order valence-corrected chi connectivity index (χ4v) is 3.28. The summed E-state index contributed by atoms with van der Waals surface area (Å²) in [5.41, 5.74) is 4.58. The van der Waals surface area contributed by atoms with Crippen molar-refractivity contribution in [3.8, 4) is 0 Å². The number of aliphatic hydroxyl groups is 1. The number of carbonyl (C=O) groups excluding carboxylic acids is 1. The second-order valence-corrected chi connectivity index (χ2v) is 7.15. The molecule has 2 aromatic rings. The molecule has 0 bridgehead atoms. The Labute approximate surface area is 154 Å². The molecule has 2 aromatic carbocycles. The number of rotatable bonds is 7. The van der Waals surface area contributed by atoms with E-state index in [9.17, 15) is 9.90 Å². The molecule has 1 aliphatic rings. The van der Waals surface area contributed by atoms with Crippen molar-refractivity contribution in [2.45, 2.75) is 38.8 Å². The molecule has 4 nitrogen and oxygen atoms in total. The van der Waals surface area contributed by atoms with Crippen LogP contribution in [-0.2, 0) is 17.0 Å². The lowest BCUT2D eigenvalue weighted by Crippen LogP contribution is -2.47. The van der Waals surface area contributed by atoms with Crippen molar-refractivity contribution in [1.82, 2.24) is 5.48 Å². The van der Waals surface area contributed by atoms with Crippen LogP contribution in [0.2, 0.25) is 0 Å². The normalized spacial score (nSPS) is 19.3. The lowest BCUT2D eigenvalue weighted by molar-refractivity contribution is -0.0423. The third-order valence-electron chi connectivity index (χ3n) is 4.78. The molecule has 1 unspecified atom stereocenters. The smallest absolute Gasteiger partial charge is 0.189 e. The zero-order valence-electron chi connectivity index (χ0n) is 15.2. The van der Waals surface area contributed by atoms with E-state index in [4.69, 9.17) is 4.84 Å². The molecule has 0 radical (unpaired) electrons. The average Bonchev–Trinajstić information content (AvgIpc) is 2.64. The van der Waals surface area contributed by atoms with Gasteiger partial charge in [0.15, 0.2) is 5.78 Å². The van der Waals surface area contributed by atoms with Gasteiger partial charge in [0.1, 0.15) is 11.3 Å². The number of carbonyl (C=O) groups is 1. The topological polar surface area (TPSA) is 58.6 Å². The Hall–Kier alpha value is -2.43. The Bertz CT molecular complexity index is 798. The lowest BCUT2D eigenvalue weighted by Gasteiger charge is -2.38. The highest BCUT2D eigenvalue weighted by Crippen LogP contribution is 2.39. The summed E-state index contributed by atoms with van der Waals surface area (Å²) in [6, 6.07) is 17.2. The minimum absolute atomic E-state index is 0.00918. The van der Waals surface area contributed by atoms with Crippen LogP contribution in [0.4, 0.5) is 0 Å². The molecule has 1 aliphatic carbocycles. The Morgan fingerprint density at radius 3 is 2.50 bits per heavy atom. The maximum atomic E-state index is 12.3. The predicted molar refractivity (Wildman–Crippen MR) is 102 cm³/mol. The summed E-state index contributed by atoms with van der Waals surface area (Å²) in [7, 11) is 0. The first-order chi connectivity index (χ1) is 12.5.